The molecule has 130 valence electrons. The second-order valence-electron chi connectivity index (χ2n) is 6.46. The highest BCUT2D eigenvalue weighted by Crippen LogP contribution is 2.21. The number of aromatic nitrogens is 4. The Morgan fingerprint density at radius 3 is 3.00 bits per heavy atom. The number of nitrogens with zero attached hydrogens (tertiary/aromatic N) is 5. The number of hydrogen-bond donors (Lipinski definition) is 1. The number of rotatable bonds is 7. The number of hydrogen-bond acceptors (Lipinski definition) is 6. The van der Waals surface area contributed by atoms with Crippen molar-refractivity contribution in [3.05, 3.63) is 24.2 Å². The summed E-state index contributed by atoms with van der Waals surface area (Å²) < 4.78 is 6.94. The molecule has 2 aromatic rings. The Kier molecular flexibility index (Phi) is 5.42. The van der Waals surface area contributed by atoms with Crippen LogP contribution in [0.5, 0.6) is 0 Å². The first-order valence-corrected chi connectivity index (χ1v) is 8.43. The van der Waals surface area contributed by atoms with E-state index in [1.54, 1.807) is 11.8 Å². The third kappa shape index (κ3) is 4.10. The summed E-state index contributed by atoms with van der Waals surface area (Å²) in [6.07, 6.45) is 6.89. The van der Waals surface area contributed by atoms with Gasteiger partial charge in [-0.2, -0.15) is 5.10 Å². The van der Waals surface area contributed by atoms with Crippen LogP contribution in [0.1, 0.15) is 12.0 Å². The molecule has 0 saturated carbocycles. The predicted molar refractivity (Wildman–Crippen MR) is 93.9 cm³/mol. The zero-order valence-electron chi connectivity index (χ0n) is 14.7. The smallest absolute Gasteiger partial charge is 0.223 e. The lowest BCUT2D eigenvalue weighted by Gasteiger charge is -2.15. The van der Waals surface area contributed by atoms with Gasteiger partial charge >= 0.3 is 0 Å². The van der Waals surface area contributed by atoms with E-state index in [2.05, 4.69) is 25.3 Å². The lowest BCUT2D eigenvalue weighted by Crippen LogP contribution is -2.26. The summed E-state index contributed by atoms with van der Waals surface area (Å²) in [5.74, 6) is 1.32. The predicted octanol–water partition coefficient (Wildman–Crippen LogP) is 1.57. The van der Waals surface area contributed by atoms with E-state index in [0.29, 0.717) is 11.9 Å². The monoisotopic (exact) mass is 330 g/mol. The summed E-state index contributed by atoms with van der Waals surface area (Å²) in [5.41, 5.74) is 3.01. The minimum Gasteiger partial charge on any atom is -0.383 e. The van der Waals surface area contributed by atoms with E-state index >= 15 is 0 Å². The highest BCUT2D eigenvalue weighted by molar-refractivity contribution is 5.62. The number of nitrogens with one attached hydrogen (secondary N) is 1. The molecule has 7 heteroatoms. The van der Waals surface area contributed by atoms with E-state index in [9.17, 15) is 0 Å². The van der Waals surface area contributed by atoms with Crippen LogP contribution in [0, 0.1) is 12.8 Å². The van der Waals surface area contributed by atoms with Gasteiger partial charge in [-0.1, -0.05) is 0 Å². The van der Waals surface area contributed by atoms with Crippen molar-refractivity contribution in [3.63, 3.8) is 0 Å². The molecule has 1 saturated heterocycles. The summed E-state index contributed by atoms with van der Waals surface area (Å²) in [4.78, 5) is 11.5. The molecule has 0 aliphatic carbocycles. The number of aryl methyl sites for hydroxylation is 2. The molecule has 1 aliphatic heterocycles. The van der Waals surface area contributed by atoms with Gasteiger partial charge in [-0.3, -0.25) is 4.68 Å². The Balaban J connectivity index is 1.58. The molecule has 1 atom stereocenters. The highest BCUT2D eigenvalue weighted by Gasteiger charge is 2.22. The van der Waals surface area contributed by atoms with Gasteiger partial charge in [0.2, 0.25) is 5.95 Å². The zero-order valence-corrected chi connectivity index (χ0v) is 14.7. The molecule has 24 heavy (non-hydrogen) atoms. The van der Waals surface area contributed by atoms with Crippen molar-refractivity contribution in [2.45, 2.75) is 13.3 Å². The molecule has 0 spiro atoms. The van der Waals surface area contributed by atoms with Gasteiger partial charge in [0.1, 0.15) is 0 Å². The average molecular weight is 330 g/mol. The molecule has 3 rings (SSSR count). The number of likely N-dealkylation sites (tertiary alicyclic amines) is 1. The SMILES string of the molecule is COCCN1CC[C@@H](CNc2ncc(C)c(-c3cnn(C)c3)n2)C1. The van der Waals surface area contributed by atoms with Crippen LogP contribution in [0.15, 0.2) is 18.6 Å². The van der Waals surface area contributed by atoms with Crippen molar-refractivity contribution < 1.29 is 4.74 Å². The fraction of sp³-hybridized carbons (Fsp3) is 0.588. The summed E-state index contributed by atoms with van der Waals surface area (Å²) in [6, 6.07) is 0. The van der Waals surface area contributed by atoms with E-state index in [0.717, 1.165) is 49.6 Å². The van der Waals surface area contributed by atoms with Gasteiger partial charge in [0.15, 0.2) is 0 Å². The maximum absolute atomic E-state index is 5.15. The maximum atomic E-state index is 5.15. The Bertz CT molecular complexity index is 671. The molecule has 0 radical (unpaired) electrons. The first kappa shape index (κ1) is 16.9. The topological polar surface area (TPSA) is 68.1 Å². The van der Waals surface area contributed by atoms with Crippen LogP contribution in [-0.2, 0) is 11.8 Å². The van der Waals surface area contributed by atoms with Crippen molar-refractivity contribution in [2.75, 3.05) is 45.2 Å². The largest absolute Gasteiger partial charge is 0.383 e. The molecule has 0 aromatic carbocycles. The number of ether oxygens (including phenoxy) is 1. The summed E-state index contributed by atoms with van der Waals surface area (Å²) in [7, 11) is 3.66. The molecule has 0 bridgehead atoms. The standard InChI is InChI=1S/C17H26N6O/c1-13-8-18-17(21-16(13)15-10-20-22(2)12-15)19-9-14-4-5-23(11-14)6-7-24-3/h8,10,12,14H,4-7,9,11H2,1-3H3,(H,18,19,21)/t14-/m0/s1. The van der Waals surface area contributed by atoms with Crippen LogP contribution in [0.2, 0.25) is 0 Å². The normalized spacial score (nSPS) is 18.2. The van der Waals surface area contributed by atoms with Crippen LogP contribution in [-0.4, -0.2) is 64.5 Å². The molecule has 1 fully saturated rings. The van der Waals surface area contributed by atoms with E-state index in [1.807, 2.05) is 32.6 Å². The van der Waals surface area contributed by atoms with Gasteiger partial charge in [-0.05, 0) is 31.4 Å². The van der Waals surface area contributed by atoms with E-state index in [4.69, 9.17) is 4.74 Å². The molecule has 3 heterocycles. The fourth-order valence-corrected chi connectivity index (χ4v) is 3.10. The van der Waals surface area contributed by atoms with Gasteiger partial charge in [-0.25, -0.2) is 9.97 Å². The highest BCUT2D eigenvalue weighted by atomic mass is 16.5. The Morgan fingerprint density at radius 1 is 1.38 bits per heavy atom. The number of methoxy groups -OCH3 is 1. The van der Waals surface area contributed by atoms with Gasteiger partial charge in [0.05, 0.1) is 18.5 Å². The quantitative estimate of drug-likeness (QED) is 0.831. The second kappa shape index (κ2) is 7.72. The van der Waals surface area contributed by atoms with Gasteiger partial charge in [-0.15, -0.1) is 0 Å². The molecule has 0 amide bonds. The van der Waals surface area contributed by atoms with Gasteiger partial charge in [0, 0.05) is 51.7 Å². The Labute approximate surface area is 143 Å². The van der Waals surface area contributed by atoms with Crippen LogP contribution < -0.4 is 5.32 Å². The summed E-state index contributed by atoms with van der Waals surface area (Å²) in [6.45, 7) is 6.99. The van der Waals surface area contributed by atoms with Crippen LogP contribution in [0.3, 0.4) is 0 Å². The summed E-state index contributed by atoms with van der Waals surface area (Å²) in [5, 5.41) is 7.63. The Hall–Kier alpha value is -1.99. The molecule has 0 unspecified atom stereocenters. The van der Waals surface area contributed by atoms with Crippen LogP contribution in [0.25, 0.3) is 11.3 Å². The van der Waals surface area contributed by atoms with Crippen molar-refractivity contribution in [1.29, 1.82) is 0 Å². The first-order chi connectivity index (χ1) is 11.7. The van der Waals surface area contributed by atoms with E-state index in [1.165, 1.54) is 6.42 Å². The Morgan fingerprint density at radius 2 is 2.25 bits per heavy atom. The lowest BCUT2D eigenvalue weighted by molar-refractivity contribution is 0.159. The third-order valence-electron chi connectivity index (χ3n) is 4.48. The second-order valence-corrected chi connectivity index (χ2v) is 6.46. The fourth-order valence-electron chi connectivity index (χ4n) is 3.10. The summed E-state index contributed by atoms with van der Waals surface area (Å²) >= 11 is 0. The van der Waals surface area contributed by atoms with Crippen LogP contribution >= 0.6 is 0 Å². The molecular weight excluding hydrogens is 304 g/mol. The number of anilines is 1. The minimum absolute atomic E-state index is 0.633. The minimum atomic E-state index is 0.633. The van der Waals surface area contributed by atoms with E-state index < -0.39 is 0 Å². The average Bonchev–Trinajstić information content (AvgIpc) is 3.21. The van der Waals surface area contributed by atoms with E-state index in [-0.39, 0.29) is 0 Å². The van der Waals surface area contributed by atoms with Gasteiger partial charge < -0.3 is 15.0 Å². The zero-order chi connectivity index (χ0) is 16.9. The van der Waals surface area contributed by atoms with Crippen molar-refractivity contribution in [2.24, 2.45) is 13.0 Å². The third-order valence-corrected chi connectivity index (χ3v) is 4.48. The molecule has 1 aliphatic rings. The van der Waals surface area contributed by atoms with Crippen molar-refractivity contribution in [1.82, 2.24) is 24.6 Å². The molecule has 7 nitrogen and oxygen atoms in total. The van der Waals surface area contributed by atoms with Crippen molar-refractivity contribution in [3.8, 4) is 11.3 Å². The maximum Gasteiger partial charge on any atom is 0.223 e. The van der Waals surface area contributed by atoms with Gasteiger partial charge in [0.25, 0.3) is 0 Å². The van der Waals surface area contributed by atoms with Crippen molar-refractivity contribution >= 4 is 5.95 Å². The molecule has 1 N–H and O–H groups in total. The lowest BCUT2D eigenvalue weighted by atomic mass is 10.1. The van der Waals surface area contributed by atoms with Crippen LogP contribution in [0.4, 0.5) is 5.95 Å². The first-order valence-electron chi connectivity index (χ1n) is 8.43. The molecular formula is C17H26N6O. The molecule has 2 aromatic heterocycles.